The third-order valence-electron chi connectivity index (χ3n) is 3.07. The van der Waals surface area contributed by atoms with Gasteiger partial charge in [0.05, 0.1) is 0 Å². The third-order valence-corrected chi connectivity index (χ3v) is 3.07. The van der Waals surface area contributed by atoms with Crippen LogP contribution in [0.4, 0.5) is 0 Å². The molecule has 18 heavy (non-hydrogen) atoms. The summed E-state index contributed by atoms with van der Waals surface area (Å²) in [5, 5.41) is 4.02. The van der Waals surface area contributed by atoms with E-state index in [0.717, 1.165) is 0 Å². The highest BCUT2D eigenvalue weighted by molar-refractivity contribution is 6.07. The molecule has 0 fully saturated rings. The summed E-state index contributed by atoms with van der Waals surface area (Å²) >= 11 is 0. The van der Waals surface area contributed by atoms with Crippen molar-refractivity contribution in [2.45, 2.75) is 26.2 Å². The Hall–Kier alpha value is -1.90. The van der Waals surface area contributed by atoms with E-state index in [-0.39, 0.29) is 11.2 Å². The Bertz CT molecular complexity index is 559. The van der Waals surface area contributed by atoms with Gasteiger partial charge in [0, 0.05) is 18.8 Å². The first-order valence-corrected chi connectivity index (χ1v) is 6.03. The van der Waals surface area contributed by atoms with Gasteiger partial charge in [0.15, 0.2) is 0 Å². The first-order valence-electron chi connectivity index (χ1n) is 6.03. The van der Waals surface area contributed by atoms with Crippen LogP contribution in [0.1, 0.15) is 42.4 Å². The van der Waals surface area contributed by atoms with Gasteiger partial charge in [-0.1, -0.05) is 45.0 Å². The molecule has 3 heteroatoms. The Morgan fingerprint density at radius 1 is 1.11 bits per heavy atom. The number of rotatable bonds is 2. The van der Waals surface area contributed by atoms with E-state index in [1.165, 1.54) is 5.56 Å². The summed E-state index contributed by atoms with van der Waals surface area (Å²) in [5.74, 6) is 0.00968. The van der Waals surface area contributed by atoms with Crippen molar-refractivity contribution in [2.75, 3.05) is 0 Å². The second-order valence-electron chi connectivity index (χ2n) is 5.50. The van der Waals surface area contributed by atoms with E-state index in [9.17, 15) is 4.79 Å². The van der Waals surface area contributed by atoms with Crippen molar-refractivity contribution < 1.29 is 4.79 Å². The van der Waals surface area contributed by atoms with E-state index in [4.69, 9.17) is 0 Å². The molecular weight excluding hydrogens is 224 g/mol. The lowest BCUT2D eigenvalue weighted by molar-refractivity contribution is 0.103. The number of nitrogens with zero attached hydrogens (tertiary/aromatic N) is 2. The molecule has 0 spiro atoms. The summed E-state index contributed by atoms with van der Waals surface area (Å²) in [6.45, 7) is 6.47. The number of carbonyl (C=O) groups excluding carboxylic acids is 1. The van der Waals surface area contributed by atoms with Crippen LogP contribution in [0.25, 0.3) is 0 Å². The predicted octanol–water partition coefficient (Wildman–Crippen LogP) is 2.95. The number of benzene rings is 1. The van der Waals surface area contributed by atoms with Crippen molar-refractivity contribution in [3.8, 4) is 0 Å². The van der Waals surface area contributed by atoms with E-state index in [0.29, 0.717) is 11.3 Å². The SMILES string of the molecule is Cn1nccc1C(=O)c1ccc(C(C)(C)C)cc1. The van der Waals surface area contributed by atoms with Gasteiger partial charge in [0.2, 0.25) is 5.78 Å². The summed E-state index contributed by atoms with van der Waals surface area (Å²) < 4.78 is 1.60. The van der Waals surface area contributed by atoms with Gasteiger partial charge in [-0.3, -0.25) is 9.48 Å². The molecule has 1 aromatic heterocycles. The number of ketones is 1. The molecule has 0 saturated heterocycles. The monoisotopic (exact) mass is 242 g/mol. The zero-order valence-corrected chi connectivity index (χ0v) is 11.3. The Morgan fingerprint density at radius 2 is 1.72 bits per heavy atom. The zero-order chi connectivity index (χ0) is 13.3. The highest BCUT2D eigenvalue weighted by atomic mass is 16.1. The molecule has 0 unspecified atom stereocenters. The van der Waals surface area contributed by atoms with E-state index in [1.807, 2.05) is 24.3 Å². The van der Waals surface area contributed by atoms with E-state index < -0.39 is 0 Å². The summed E-state index contributed by atoms with van der Waals surface area (Å²) in [4.78, 5) is 12.2. The third kappa shape index (κ3) is 2.35. The fourth-order valence-electron chi connectivity index (χ4n) is 1.87. The minimum atomic E-state index is 0.00968. The van der Waals surface area contributed by atoms with Crippen LogP contribution in [-0.2, 0) is 12.5 Å². The molecule has 0 saturated carbocycles. The zero-order valence-electron chi connectivity index (χ0n) is 11.3. The average molecular weight is 242 g/mol. The molecule has 0 atom stereocenters. The lowest BCUT2D eigenvalue weighted by atomic mass is 9.86. The van der Waals surface area contributed by atoms with Crippen molar-refractivity contribution in [3.05, 3.63) is 53.3 Å². The van der Waals surface area contributed by atoms with Gasteiger partial charge < -0.3 is 0 Å². The maximum Gasteiger partial charge on any atom is 0.211 e. The molecule has 0 aliphatic heterocycles. The first kappa shape index (κ1) is 12.6. The predicted molar refractivity (Wildman–Crippen MR) is 71.8 cm³/mol. The average Bonchev–Trinajstić information content (AvgIpc) is 2.73. The van der Waals surface area contributed by atoms with Gasteiger partial charge in [0.25, 0.3) is 0 Å². The van der Waals surface area contributed by atoms with Crippen LogP contribution in [0.3, 0.4) is 0 Å². The van der Waals surface area contributed by atoms with Crippen molar-refractivity contribution in [2.24, 2.45) is 7.05 Å². The summed E-state index contributed by atoms with van der Waals surface area (Å²) in [6.07, 6.45) is 1.64. The van der Waals surface area contributed by atoms with Gasteiger partial charge in [-0.25, -0.2) is 0 Å². The van der Waals surface area contributed by atoms with Gasteiger partial charge in [0.1, 0.15) is 5.69 Å². The maximum atomic E-state index is 12.2. The van der Waals surface area contributed by atoms with Crippen LogP contribution in [0.2, 0.25) is 0 Å². The van der Waals surface area contributed by atoms with E-state index >= 15 is 0 Å². The van der Waals surface area contributed by atoms with Crippen LogP contribution < -0.4 is 0 Å². The van der Waals surface area contributed by atoms with Crippen molar-refractivity contribution in [1.82, 2.24) is 9.78 Å². The minimum Gasteiger partial charge on any atom is -0.287 e. The highest BCUT2D eigenvalue weighted by Crippen LogP contribution is 2.22. The second-order valence-corrected chi connectivity index (χ2v) is 5.50. The van der Waals surface area contributed by atoms with Gasteiger partial charge in [-0.05, 0) is 17.0 Å². The van der Waals surface area contributed by atoms with Crippen LogP contribution in [0.15, 0.2) is 36.5 Å². The normalized spacial score (nSPS) is 11.6. The number of aryl methyl sites for hydroxylation is 1. The molecular formula is C15H18N2O. The second kappa shape index (κ2) is 4.41. The largest absolute Gasteiger partial charge is 0.287 e. The molecule has 2 rings (SSSR count). The Labute approximate surface area is 107 Å². The Kier molecular flexibility index (Phi) is 3.07. The molecule has 0 amide bonds. The molecule has 1 heterocycles. The number of aromatic nitrogens is 2. The highest BCUT2D eigenvalue weighted by Gasteiger charge is 2.16. The van der Waals surface area contributed by atoms with Crippen molar-refractivity contribution in [1.29, 1.82) is 0 Å². The van der Waals surface area contributed by atoms with Crippen molar-refractivity contribution >= 4 is 5.78 Å². The Balaban J connectivity index is 2.31. The lowest BCUT2D eigenvalue weighted by Gasteiger charge is -2.18. The quantitative estimate of drug-likeness (QED) is 0.759. The maximum absolute atomic E-state index is 12.2. The fourth-order valence-corrected chi connectivity index (χ4v) is 1.87. The topological polar surface area (TPSA) is 34.9 Å². The summed E-state index contributed by atoms with van der Waals surface area (Å²) in [6, 6.07) is 9.54. The number of carbonyl (C=O) groups is 1. The molecule has 0 radical (unpaired) electrons. The van der Waals surface area contributed by atoms with Crippen molar-refractivity contribution in [3.63, 3.8) is 0 Å². The number of hydrogen-bond acceptors (Lipinski definition) is 2. The minimum absolute atomic E-state index is 0.00968. The molecule has 0 N–H and O–H groups in total. The van der Waals surface area contributed by atoms with Crippen LogP contribution in [0.5, 0.6) is 0 Å². The molecule has 94 valence electrons. The van der Waals surface area contributed by atoms with Gasteiger partial charge >= 0.3 is 0 Å². The van der Waals surface area contributed by atoms with Crippen LogP contribution in [0, 0.1) is 0 Å². The first-order chi connectivity index (χ1) is 8.39. The molecule has 0 aliphatic rings. The summed E-state index contributed by atoms with van der Waals surface area (Å²) in [5.41, 5.74) is 2.64. The smallest absolute Gasteiger partial charge is 0.211 e. The molecule has 3 nitrogen and oxygen atoms in total. The van der Waals surface area contributed by atoms with Gasteiger partial charge in [-0.2, -0.15) is 5.10 Å². The molecule has 0 bridgehead atoms. The lowest BCUT2D eigenvalue weighted by Crippen LogP contribution is -2.12. The van der Waals surface area contributed by atoms with E-state index in [2.05, 4.69) is 25.9 Å². The van der Waals surface area contributed by atoms with Gasteiger partial charge in [-0.15, -0.1) is 0 Å². The Morgan fingerprint density at radius 3 is 2.17 bits per heavy atom. The summed E-state index contributed by atoms with van der Waals surface area (Å²) in [7, 11) is 1.77. The fraction of sp³-hybridized carbons (Fsp3) is 0.333. The number of hydrogen-bond donors (Lipinski definition) is 0. The molecule has 0 aliphatic carbocycles. The van der Waals surface area contributed by atoms with Crippen LogP contribution >= 0.6 is 0 Å². The van der Waals surface area contributed by atoms with E-state index in [1.54, 1.807) is 24.0 Å². The standard InChI is InChI=1S/C15H18N2O/c1-15(2,3)12-7-5-11(6-8-12)14(18)13-9-10-16-17(13)4/h5-10H,1-4H3. The molecule has 1 aromatic carbocycles. The molecule has 2 aromatic rings. The van der Waals surface area contributed by atoms with Crippen LogP contribution in [-0.4, -0.2) is 15.6 Å².